The zero-order valence-electron chi connectivity index (χ0n) is 9.81. The fraction of sp³-hybridized carbons (Fsp3) is 0.385. The molecule has 0 radical (unpaired) electrons. The SMILES string of the molecule is COCCN=C1COc2ccccc2C(=O)C1. The monoisotopic (exact) mass is 233 g/mol. The average molecular weight is 233 g/mol. The van der Waals surface area contributed by atoms with Gasteiger partial charge in [0.05, 0.1) is 30.8 Å². The zero-order valence-corrected chi connectivity index (χ0v) is 9.81. The van der Waals surface area contributed by atoms with Crippen LogP contribution in [-0.4, -0.2) is 38.4 Å². The number of benzene rings is 1. The number of carbonyl (C=O) groups is 1. The number of nitrogens with zero attached hydrogens (tertiary/aromatic N) is 1. The number of carbonyl (C=O) groups excluding carboxylic acids is 1. The zero-order chi connectivity index (χ0) is 12.1. The molecule has 2 rings (SSSR count). The van der Waals surface area contributed by atoms with Crippen molar-refractivity contribution in [2.75, 3.05) is 26.9 Å². The Bertz CT molecular complexity index is 440. The molecule has 1 aromatic carbocycles. The number of methoxy groups -OCH3 is 1. The standard InChI is InChI=1S/C13H15NO3/c1-16-7-6-14-10-8-12(15)11-4-2-3-5-13(11)17-9-10/h2-5H,6-9H2,1H3. The van der Waals surface area contributed by atoms with Crippen molar-refractivity contribution in [3.8, 4) is 5.75 Å². The van der Waals surface area contributed by atoms with Crippen LogP contribution in [0.25, 0.3) is 0 Å². The van der Waals surface area contributed by atoms with Crippen molar-refractivity contribution in [2.24, 2.45) is 4.99 Å². The lowest BCUT2D eigenvalue weighted by Gasteiger charge is -2.04. The lowest BCUT2D eigenvalue weighted by molar-refractivity contribution is 0.100. The minimum Gasteiger partial charge on any atom is -0.487 e. The van der Waals surface area contributed by atoms with Crippen LogP contribution in [0.5, 0.6) is 5.75 Å². The van der Waals surface area contributed by atoms with E-state index in [-0.39, 0.29) is 5.78 Å². The van der Waals surface area contributed by atoms with E-state index in [2.05, 4.69) is 4.99 Å². The van der Waals surface area contributed by atoms with Crippen molar-refractivity contribution in [2.45, 2.75) is 6.42 Å². The van der Waals surface area contributed by atoms with Gasteiger partial charge in [-0.25, -0.2) is 0 Å². The second-order valence-corrected chi connectivity index (χ2v) is 3.83. The molecule has 0 unspecified atom stereocenters. The number of ether oxygens (including phenoxy) is 2. The van der Waals surface area contributed by atoms with Crippen molar-refractivity contribution in [3.63, 3.8) is 0 Å². The largest absolute Gasteiger partial charge is 0.487 e. The summed E-state index contributed by atoms with van der Waals surface area (Å²) in [6.45, 7) is 1.51. The number of Topliss-reactive ketones (excluding diaryl/α,β-unsaturated/α-hetero) is 1. The normalized spacial score (nSPS) is 17.5. The third-order valence-corrected chi connectivity index (χ3v) is 2.58. The molecule has 0 aliphatic carbocycles. The van der Waals surface area contributed by atoms with Gasteiger partial charge in [-0.15, -0.1) is 0 Å². The number of hydrogen-bond acceptors (Lipinski definition) is 4. The summed E-state index contributed by atoms with van der Waals surface area (Å²) in [5, 5.41) is 0. The van der Waals surface area contributed by atoms with Gasteiger partial charge in [0.25, 0.3) is 0 Å². The van der Waals surface area contributed by atoms with Crippen LogP contribution >= 0.6 is 0 Å². The molecule has 0 fully saturated rings. The highest BCUT2D eigenvalue weighted by molar-refractivity contribution is 6.12. The molecular weight excluding hydrogens is 218 g/mol. The molecular formula is C13H15NO3. The lowest BCUT2D eigenvalue weighted by Crippen LogP contribution is -2.13. The molecule has 0 amide bonds. The van der Waals surface area contributed by atoms with Crippen molar-refractivity contribution in [1.29, 1.82) is 0 Å². The Morgan fingerprint density at radius 3 is 3.06 bits per heavy atom. The summed E-state index contributed by atoms with van der Waals surface area (Å²) < 4.78 is 10.5. The van der Waals surface area contributed by atoms with Gasteiger partial charge < -0.3 is 9.47 Å². The van der Waals surface area contributed by atoms with Crippen LogP contribution in [0, 0.1) is 0 Å². The van der Waals surface area contributed by atoms with Crippen LogP contribution < -0.4 is 4.74 Å². The maximum absolute atomic E-state index is 12.0. The number of rotatable bonds is 3. The fourth-order valence-corrected chi connectivity index (χ4v) is 1.71. The molecule has 0 aromatic heterocycles. The predicted molar refractivity (Wildman–Crippen MR) is 65.1 cm³/mol. The van der Waals surface area contributed by atoms with Gasteiger partial charge in [0.1, 0.15) is 12.4 Å². The third-order valence-electron chi connectivity index (χ3n) is 2.58. The van der Waals surface area contributed by atoms with Gasteiger partial charge in [0.15, 0.2) is 5.78 Å². The van der Waals surface area contributed by atoms with Gasteiger partial charge in [-0.05, 0) is 12.1 Å². The highest BCUT2D eigenvalue weighted by Gasteiger charge is 2.19. The summed E-state index contributed by atoms with van der Waals surface area (Å²) in [6.07, 6.45) is 0.334. The van der Waals surface area contributed by atoms with Crippen molar-refractivity contribution < 1.29 is 14.3 Å². The molecule has 1 aliphatic heterocycles. The second-order valence-electron chi connectivity index (χ2n) is 3.83. The van der Waals surface area contributed by atoms with E-state index < -0.39 is 0 Å². The van der Waals surface area contributed by atoms with Gasteiger partial charge in [-0.1, -0.05) is 12.1 Å². The van der Waals surface area contributed by atoms with E-state index in [4.69, 9.17) is 9.47 Å². The molecule has 90 valence electrons. The smallest absolute Gasteiger partial charge is 0.172 e. The maximum atomic E-state index is 12.0. The minimum absolute atomic E-state index is 0.0641. The maximum Gasteiger partial charge on any atom is 0.172 e. The molecule has 0 saturated carbocycles. The summed E-state index contributed by atoms with van der Waals surface area (Å²) in [6, 6.07) is 7.30. The molecule has 1 heterocycles. The number of ketones is 1. The number of fused-ring (bicyclic) bond motifs is 1. The number of hydrogen-bond donors (Lipinski definition) is 0. The molecule has 1 aromatic rings. The first-order valence-electron chi connectivity index (χ1n) is 5.57. The minimum atomic E-state index is 0.0641. The van der Waals surface area contributed by atoms with Crippen molar-refractivity contribution >= 4 is 11.5 Å². The van der Waals surface area contributed by atoms with Crippen LogP contribution in [0.3, 0.4) is 0 Å². The highest BCUT2D eigenvalue weighted by Crippen LogP contribution is 2.22. The molecule has 4 heteroatoms. The molecule has 1 aliphatic rings. The van der Waals surface area contributed by atoms with Gasteiger partial charge >= 0.3 is 0 Å². The quantitative estimate of drug-likeness (QED) is 0.747. The number of para-hydroxylation sites is 1. The van der Waals surface area contributed by atoms with E-state index >= 15 is 0 Å². The number of aliphatic imine (C=N–C) groups is 1. The first-order valence-corrected chi connectivity index (χ1v) is 5.57. The van der Waals surface area contributed by atoms with E-state index in [9.17, 15) is 4.79 Å². The molecule has 0 spiro atoms. The lowest BCUT2D eigenvalue weighted by atomic mass is 10.1. The Balaban J connectivity index is 2.12. The average Bonchev–Trinajstić information content (AvgIpc) is 2.50. The van der Waals surface area contributed by atoms with E-state index in [0.29, 0.717) is 37.5 Å². The summed E-state index contributed by atoms with van der Waals surface area (Å²) in [5.41, 5.74) is 1.42. The van der Waals surface area contributed by atoms with Crippen LogP contribution in [0.4, 0.5) is 0 Å². The Hall–Kier alpha value is -1.68. The van der Waals surface area contributed by atoms with Crippen LogP contribution in [-0.2, 0) is 4.74 Å². The topological polar surface area (TPSA) is 47.9 Å². The van der Waals surface area contributed by atoms with Gasteiger partial charge in [0.2, 0.25) is 0 Å². The van der Waals surface area contributed by atoms with Crippen molar-refractivity contribution in [3.05, 3.63) is 29.8 Å². The van der Waals surface area contributed by atoms with Crippen molar-refractivity contribution in [1.82, 2.24) is 0 Å². The molecule has 0 saturated heterocycles. The molecule has 0 bridgehead atoms. The predicted octanol–water partition coefficient (Wildman–Crippen LogP) is 1.74. The van der Waals surface area contributed by atoms with Gasteiger partial charge in [0, 0.05) is 7.11 Å². The Kier molecular flexibility index (Phi) is 3.88. The third kappa shape index (κ3) is 2.91. The fourth-order valence-electron chi connectivity index (χ4n) is 1.71. The first-order chi connectivity index (χ1) is 8.31. The Morgan fingerprint density at radius 1 is 1.41 bits per heavy atom. The summed E-state index contributed by atoms with van der Waals surface area (Å²) in [7, 11) is 1.63. The molecule has 4 nitrogen and oxygen atoms in total. The first kappa shape index (κ1) is 11.8. The molecule has 0 atom stereocenters. The molecule has 0 N–H and O–H groups in total. The van der Waals surface area contributed by atoms with Crippen LogP contribution in [0.15, 0.2) is 29.3 Å². The van der Waals surface area contributed by atoms with E-state index in [0.717, 1.165) is 5.71 Å². The summed E-state index contributed by atoms with van der Waals surface area (Å²) in [4.78, 5) is 16.3. The van der Waals surface area contributed by atoms with E-state index in [1.165, 1.54) is 0 Å². The highest BCUT2D eigenvalue weighted by atomic mass is 16.5. The Labute approximate surface area is 100 Å². The molecule has 17 heavy (non-hydrogen) atoms. The Morgan fingerprint density at radius 2 is 2.24 bits per heavy atom. The van der Waals surface area contributed by atoms with Gasteiger partial charge in [-0.3, -0.25) is 9.79 Å². The van der Waals surface area contributed by atoms with E-state index in [1.54, 1.807) is 13.2 Å². The summed E-state index contributed by atoms with van der Waals surface area (Å²) in [5.74, 6) is 0.712. The van der Waals surface area contributed by atoms with Crippen LogP contribution in [0.2, 0.25) is 0 Å². The second kappa shape index (κ2) is 5.59. The van der Waals surface area contributed by atoms with Gasteiger partial charge in [-0.2, -0.15) is 0 Å². The van der Waals surface area contributed by atoms with Crippen LogP contribution in [0.1, 0.15) is 16.8 Å². The van der Waals surface area contributed by atoms with E-state index in [1.807, 2.05) is 18.2 Å². The summed E-state index contributed by atoms with van der Waals surface area (Å²) >= 11 is 0.